The molecule has 0 aliphatic heterocycles. The van der Waals surface area contributed by atoms with E-state index in [9.17, 15) is 28.3 Å². The zero-order chi connectivity index (χ0) is 31.6. The van der Waals surface area contributed by atoms with Crippen LogP contribution in [0.15, 0.2) is 91.0 Å². The smallest absolute Gasteiger partial charge is 0.249 e. The molecule has 0 saturated heterocycles. The molecule has 0 aliphatic carbocycles. The summed E-state index contributed by atoms with van der Waals surface area (Å²) >= 11 is 2.21. The Morgan fingerprint density at radius 2 is 1.55 bits per heavy atom. The van der Waals surface area contributed by atoms with E-state index >= 15 is 0 Å². The van der Waals surface area contributed by atoms with Crippen molar-refractivity contribution in [1.29, 1.82) is 0 Å². The van der Waals surface area contributed by atoms with Gasteiger partial charge in [-0.15, -0.1) is 0 Å². The molecule has 228 valence electrons. The fraction of sp³-hybridized carbons (Fsp3) is 0.206. The molecule has 0 aromatic heterocycles. The number of benzene rings is 4. The van der Waals surface area contributed by atoms with Gasteiger partial charge in [0.25, 0.3) is 0 Å². The van der Waals surface area contributed by atoms with Crippen molar-refractivity contribution in [2.75, 3.05) is 6.54 Å². The van der Waals surface area contributed by atoms with E-state index in [2.05, 4.69) is 33.2 Å². The maximum Gasteiger partial charge on any atom is 0.249 e. The molecule has 0 unspecified atom stereocenters. The Kier molecular flexibility index (Phi) is 11.7. The van der Waals surface area contributed by atoms with Crippen LogP contribution in [0.25, 0.3) is 11.1 Å². The number of carbonyl (C=O) groups is 3. The second-order valence-corrected chi connectivity index (χ2v) is 11.6. The zero-order valence-corrected chi connectivity index (χ0v) is 25.9. The van der Waals surface area contributed by atoms with E-state index < -0.39 is 35.6 Å². The highest BCUT2D eigenvalue weighted by Gasteiger charge is 2.23. The van der Waals surface area contributed by atoms with Crippen LogP contribution in [-0.2, 0) is 17.8 Å². The molecule has 0 spiro atoms. The number of hydrogen-bond donors (Lipinski definition) is 4. The van der Waals surface area contributed by atoms with Crippen molar-refractivity contribution in [3.8, 4) is 11.1 Å². The molecule has 0 radical (unpaired) electrons. The molecular formula is C34H32F2IN3O4. The highest BCUT2D eigenvalue weighted by atomic mass is 127. The number of ketones is 1. The molecule has 2 amide bonds. The van der Waals surface area contributed by atoms with Gasteiger partial charge in [0, 0.05) is 46.7 Å². The number of primary amides is 1. The summed E-state index contributed by atoms with van der Waals surface area (Å²) in [5.41, 5.74) is 8.89. The van der Waals surface area contributed by atoms with Crippen molar-refractivity contribution in [3.05, 3.63) is 128 Å². The van der Waals surface area contributed by atoms with Gasteiger partial charge in [0.2, 0.25) is 11.8 Å². The molecule has 4 rings (SSSR count). The maximum absolute atomic E-state index is 13.9. The molecule has 4 aromatic rings. The number of carbonyl (C=O) groups excluding carboxylic acids is 3. The Bertz CT molecular complexity index is 1610. The number of amides is 2. The van der Waals surface area contributed by atoms with Crippen LogP contribution < -0.4 is 16.4 Å². The monoisotopic (exact) mass is 711 g/mol. The predicted octanol–water partition coefficient (Wildman–Crippen LogP) is 5.18. The normalized spacial score (nSPS) is 12.4. The Morgan fingerprint density at radius 3 is 2.23 bits per heavy atom. The Hall–Kier alpha value is -4.00. The average Bonchev–Trinajstić information content (AvgIpc) is 2.99. The molecule has 0 fully saturated rings. The second-order valence-electron chi connectivity index (χ2n) is 10.4. The summed E-state index contributed by atoms with van der Waals surface area (Å²) in [5, 5.41) is 16.9. The summed E-state index contributed by atoms with van der Waals surface area (Å²) in [6.45, 7) is 0.586. The van der Waals surface area contributed by atoms with Crippen LogP contribution in [0.1, 0.15) is 44.7 Å². The average molecular weight is 712 g/mol. The molecule has 0 heterocycles. The third-order valence-corrected chi connectivity index (χ3v) is 7.72. The minimum absolute atomic E-state index is 0.0192. The van der Waals surface area contributed by atoms with Gasteiger partial charge in [0.05, 0.1) is 12.1 Å². The summed E-state index contributed by atoms with van der Waals surface area (Å²) in [5.74, 6) is -2.82. The van der Waals surface area contributed by atoms with Gasteiger partial charge in [-0.1, -0.05) is 54.6 Å². The quantitative estimate of drug-likeness (QED) is 0.106. The molecule has 0 bridgehead atoms. The van der Waals surface area contributed by atoms with Crippen molar-refractivity contribution in [1.82, 2.24) is 10.6 Å². The molecular weight excluding hydrogens is 679 g/mol. The Balaban J connectivity index is 1.37. The number of nitrogens with two attached hydrogens (primary N) is 1. The minimum atomic E-state index is -1.08. The largest absolute Gasteiger partial charge is 0.390 e. The Labute approximate surface area is 268 Å². The first kappa shape index (κ1) is 32.9. The van der Waals surface area contributed by atoms with E-state index in [1.54, 1.807) is 48.5 Å². The summed E-state index contributed by atoms with van der Waals surface area (Å²) in [7, 11) is 0. The summed E-state index contributed by atoms with van der Waals surface area (Å²) < 4.78 is 28.8. The van der Waals surface area contributed by atoms with E-state index in [4.69, 9.17) is 5.73 Å². The summed E-state index contributed by atoms with van der Waals surface area (Å²) in [6.07, 6.45) is -1.35. The van der Waals surface area contributed by atoms with Crippen LogP contribution >= 0.6 is 22.6 Å². The number of halogens is 3. The lowest BCUT2D eigenvalue weighted by atomic mass is 9.97. The van der Waals surface area contributed by atoms with Gasteiger partial charge in [-0.2, -0.15) is 0 Å². The molecule has 0 saturated carbocycles. The lowest BCUT2D eigenvalue weighted by Crippen LogP contribution is -2.48. The first-order chi connectivity index (χ1) is 21.1. The van der Waals surface area contributed by atoms with Crippen LogP contribution in [0.3, 0.4) is 0 Å². The van der Waals surface area contributed by atoms with Gasteiger partial charge in [-0.25, -0.2) is 8.78 Å². The lowest BCUT2D eigenvalue weighted by molar-refractivity contribution is -0.122. The van der Waals surface area contributed by atoms with E-state index in [-0.39, 0.29) is 37.2 Å². The van der Waals surface area contributed by atoms with E-state index in [0.717, 1.165) is 32.9 Å². The third-order valence-electron chi connectivity index (χ3n) is 7.05. The molecule has 44 heavy (non-hydrogen) atoms. The second kappa shape index (κ2) is 15.6. The van der Waals surface area contributed by atoms with Gasteiger partial charge >= 0.3 is 0 Å². The van der Waals surface area contributed by atoms with Crippen molar-refractivity contribution in [2.45, 2.75) is 38.0 Å². The van der Waals surface area contributed by atoms with Crippen LogP contribution in [-0.4, -0.2) is 41.4 Å². The fourth-order valence-electron chi connectivity index (χ4n) is 4.86. The van der Waals surface area contributed by atoms with E-state index in [1.807, 2.05) is 24.3 Å². The van der Waals surface area contributed by atoms with E-state index in [0.29, 0.717) is 23.2 Å². The lowest BCUT2D eigenvalue weighted by Gasteiger charge is -2.25. The van der Waals surface area contributed by atoms with Crippen LogP contribution in [0.5, 0.6) is 0 Å². The van der Waals surface area contributed by atoms with Gasteiger partial charge in [-0.3, -0.25) is 14.4 Å². The molecule has 2 atom stereocenters. The highest BCUT2D eigenvalue weighted by molar-refractivity contribution is 14.1. The summed E-state index contributed by atoms with van der Waals surface area (Å²) in [4.78, 5) is 37.5. The summed E-state index contributed by atoms with van der Waals surface area (Å²) in [6, 6.07) is 23.6. The predicted molar refractivity (Wildman–Crippen MR) is 173 cm³/mol. The van der Waals surface area contributed by atoms with Gasteiger partial charge in [0.1, 0.15) is 11.6 Å². The number of nitrogens with one attached hydrogen (secondary N) is 2. The third kappa shape index (κ3) is 9.50. The SMILES string of the molecule is NC(=O)c1ccccc1-c1ccc(C(=O)CCC(=O)N[C@@H](Cc2cc(F)cc(F)c2)[C@H](O)CNCc2cccc(I)c2)cc1. The van der Waals surface area contributed by atoms with Crippen molar-refractivity contribution >= 4 is 40.2 Å². The molecule has 0 aliphatic rings. The number of Topliss-reactive ketones (excluding diaryl/α,β-unsaturated/α-hetero) is 1. The number of rotatable bonds is 14. The molecule has 7 nitrogen and oxygen atoms in total. The number of aliphatic hydroxyl groups is 1. The van der Waals surface area contributed by atoms with Crippen molar-refractivity contribution < 1.29 is 28.3 Å². The van der Waals surface area contributed by atoms with Crippen LogP contribution in [0.4, 0.5) is 8.78 Å². The molecule has 4 aromatic carbocycles. The zero-order valence-electron chi connectivity index (χ0n) is 23.7. The van der Waals surface area contributed by atoms with Gasteiger partial charge in [0.15, 0.2) is 5.78 Å². The first-order valence-corrected chi connectivity index (χ1v) is 15.1. The number of aliphatic hydroxyl groups excluding tert-OH is 1. The van der Waals surface area contributed by atoms with Gasteiger partial charge < -0.3 is 21.5 Å². The number of hydrogen-bond acceptors (Lipinski definition) is 5. The van der Waals surface area contributed by atoms with Crippen LogP contribution in [0, 0.1) is 15.2 Å². The van der Waals surface area contributed by atoms with E-state index in [1.165, 1.54) is 0 Å². The standard InChI is InChI=1S/C34H32F2IN3O4/c35-25-14-22(15-26(36)18-25)17-30(32(42)20-39-19-21-4-3-5-27(37)16-21)40-33(43)13-12-31(41)24-10-8-23(9-11-24)28-6-1-2-7-29(28)34(38)44/h1-11,14-16,18,30,32,39,42H,12-13,17,19-20H2,(H2,38,44)(H,40,43)/t30-,32+/m0/s1. The highest BCUT2D eigenvalue weighted by Crippen LogP contribution is 2.24. The van der Waals surface area contributed by atoms with Crippen molar-refractivity contribution in [3.63, 3.8) is 0 Å². The first-order valence-electron chi connectivity index (χ1n) is 14.0. The van der Waals surface area contributed by atoms with Crippen molar-refractivity contribution in [2.24, 2.45) is 5.73 Å². The van der Waals surface area contributed by atoms with Crippen LogP contribution in [0.2, 0.25) is 0 Å². The maximum atomic E-state index is 13.9. The minimum Gasteiger partial charge on any atom is -0.390 e. The molecule has 10 heteroatoms. The van der Waals surface area contributed by atoms with Gasteiger partial charge in [-0.05, 0) is 81.6 Å². The topological polar surface area (TPSA) is 122 Å². The fourth-order valence-corrected chi connectivity index (χ4v) is 5.46. The Morgan fingerprint density at radius 1 is 0.841 bits per heavy atom. The molecule has 5 N–H and O–H groups in total.